The van der Waals surface area contributed by atoms with Gasteiger partial charge >= 0.3 is 0 Å². The zero-order valence-corrected chi connectivity index (χ0v) is 20.2. The van der Waals surface area contributed by atoms with Crippen molar-refractivity contribution in [3.05, 3.63) is 59.2 Å². The van der Waals surface area contributed by atoms with Crippen molar-refractivity contribution in [1.29, 1.82) is 0 Å². The molecule has 6 heteroatoms. The highest BCUT2D eigenvalue weighted by molar-refractivity contribution is 5.88. The molecule has 0 heterocycles. The average Bonchev–Trinajstić information content (AvgIpc) is 2.83. The minimum atomic E-state index is -0.608. The van der Waals surface area contributed by atoms with Crippen LogP contribution in [0.2, 0.25) is 0 Å². The summed E-state index contributed by atoms with van der Waals surface area (Å²) in [6, 6.07) is 13.0. The number of benzene rings is 2. The molecule has 33 heavy (non-hydrogen) atoms. The fraction of sp³-hybridized carbons (Fsp3) is 0.481. The molecule has 1 N–H and O–H groups in total. The van der Waals surface area contributed by atoms with Gasteiger partial charge < -0.3 is 19.7 Å². The van der Waals surface area contributed by atoms with Crippen LogP contribution in [0.15, 0.2) is 42.5 Å². The summed E-state index contributed by atoms with van der Waals surface area (Å²) in [5, 5.41) is 3.15. The predicted molar refractivity (Wildman–Crippen MR) is 129 cm³/mol. The molecule has 2 amide bonds. The molecule has 0 radical (unpaired) electrons. The molecular weight excluding hydrogens is 416 g/mol. The third-order valence-electron chi connectivity index (χ3n) is 6.33. The molecular formula is C27H36N2O4. The lowest BCUT2D eigenvalue weighted by Gasteiger charge is -2.31. The summed E-state index contributed by atoms with van der Waals surface area (Å²) in [6.45, 7) is 5.92. The van der Waals surface area contributed by atoms with Gasteiger partial charge in [-0.25, -0.2) is 0 Å². The average molecular weight is 453 g/mol. The molecule has 2 aromatic rings. The summed E-state index contributed by atoms with van der Waals surface area (Å²) in [4.78, 5) is 27.9. The molecule has 0 unspecified atom stereocenters. The van der Waals surface area contributed by atoms with E-state index in [9.17, 15) is 9.59 Å². The fourth-order valence-corrected chi connectivity index (χ4v) is 4.16. The molecule has 0 saturated heterocycles. The third kappa shape index (κ3) is 6.98. The third-order valence-corrected chi connectivity index (χ3v) is 6.33. The number of nitrogens with one attached hydrogen (secondary N) is 1. The van der Waals surface area contributed by atoms with Gasteiger partial charge in [-0.15, -0.1) is 0 Å². The van der Waals surface area contributed by atoms with E-state index in [0.29, 0.717) is 12.3 Å². The highest BCUT2D eigenvalue weighted by Gasteiger charge is 2.28. The Morgan fingerprint density at radius 1 is 1.06 bits per heavy atom. The van der Waals surface area contributed by atoms with E-state index in [2.05, 4.69) is 5.32 Å². The van der Waals surface area contributed by atoms with E-state index >= 15 is 0 Å². The van der Waals surface area contributed by atoms with Crippen LogP contribution in [0.4, 0.5) is 0 Å². The number of amides is 2. The molecule has 0 bridgehead atoms. The second-order valence-corrected chi connectivity index (χ2v) is 8.95. The Kier molecular flexibility index (Phi) is 8.75. The van der Waals surface area contributed by atoms with Crippen molar-refractivity contribution in [2.24, 2.45) is 0 Å². The maximum absolute atomic E-state index is 13.3. The van der Waals surface area contributed by atoms with E-state index in [1.54, 1.807) is 18.9 Å². The van der Waals surface area contributed by atoms with Crippen molar-refractivity contribution in [3.8, 4) is 11.5 Å². The van der Waals surface area contributed by atoms with E-state index in [1.165, 1.54) is 6.42 Å². The molecule has 178 valence electrons. The second-order valence-electron chi connectivity index (χ2n) is 8.95. The first-order valence-electron chi connectivity index (χ1n) is 11.8. The maximum Gasteiger partial charge on any atom is 0.261 e. The number of carbonyl (C=O) groups is 2. The Morgan fingerprint density at radius 3 is 2.42 bits per heavy atom. The Balaban J connectivity index is 1.73. The van der Waals surface area contributed by atoms with Gasteiger partial charge in [0, 0.05) is 12.6 Å². The summed E-state index contributed by atoms with van der Waals surface area (Å²) >= 11 is 0. The van der Waals surface area contributed by atoms with E-state index in [1.807, 2.05) is 56.3 Å². The number of nitrogens with zero attached hydrogens (tertiary/aromatic N) is 1. The lowest BCUT2D eigenvalue weighted by atomic mass is 9.95. The van der Waals surface area contributed by atoms with E-state index < -0.39 is 6.04 Å². The molecule has 2 aromatic carbocycles. The van der Waals surface area contributed by atoms with Crippen LogP contribution in [0.3, 0.4) is 0 Å². The summed E-state index contributed by atoms with van der Waals surface area (Å²) in [5.41, 5.74) is 2.96. The monoisotopic (exact) mass is 452 g/mol. The number of carbonyl (C=O) groups excluding carboxylic acids is 2. The van der Waals surface area contributed by atoms with Crippen molar-refractivity contribution in [2.45, 2.75) is 71.5 Å². The summed E-state index contributed by atoms with van der Waals surface area (Å²) in [6.07, 6.45) is 5.50. The number of methoxy groups -OCH3 is 1. The first-order valence-corrected chi connectivity index (χ1v) is 11.8. The molecule has 6 nitrogen and oxygen atoms in total. The Hall–Kier alpha value is -3.02. The van der Waals surface area contributed by atoms with Crippen molar-refractivity contribution < 1.29 is 19.1 Å². The van der Waals surface area contributed by atoms with Gasteiger partial charge in [0.2, 0.25) is 5.91 Å². The van der Waals surface area contributed by atoms with Crippen molar-refractivity contribution >= 4 is 11.8 Å². The molecule has 1 fully saturated rings. The summed E-state index contributed by atoms with van der Waals surface area (Å²) < 4.78 is 11.1. The lowest BCUT2D eigenvalue weighted by Crippen LogP contribution is -2.51. The van der Waals surface area contributed by atoms with E-state index in [4.69, 9.17) is 9.47 Å². The highest BCUT2D eigenvalue weighted by Crippen LogP contribution is 2.21. The van der Waals surface area contributed by atoms with Crippen LogP contribution in [0.5, 0.6) is 11.5 Å². The van der Waals surface area contributed by atoms with Crippen LogP contribution >= 0.6 is 0 Å². The zero-order valence-electron chi connectivity index (χ0n) is 20.2. The van der Waals surface area contributed by atoms with Crippen LogP contribution in [0.25, 0.3) is 0 Å². The quantitative estimate of drug-likeness (QED) is 0.606. The topological polar surface area (TPSA) is 67.9 Å². The number of ether oxygens (including phenoxy) is 2. The van der Waals surface area contributed by atoms with Crippen LogP contribution < -0.4 is 14.8 Å². The van der Waals surface area contributed by atoms with Gasteiger partial charge in [0.05, 0.1) is 7.11 Å². The molecule has 1 atom stereocenters. The smallest absolute Gasteiger partial charge is 0.261 e. The Morgan fingerprint density at radius 2 is 1.76 bits per heavy atom. The van der Waals surface area contributed by atoms with Gasteiger partial charge in [0.25, 0.3) is 5.91 Å². The van der Waals surface area contributed by atoms with Crippen molar-refractivity contribution in [2.75, 3.05) is 13.7 Å². The van der Waals surface area contributed by atoms with Gasteiger partial charge in [-0.2, -0.15) is 0 Å². The van der Waals surface area contributed by atoms with Crippen molar-refractivity contribution in [1.82, 2.24) is 10.2 Å². The van der Waals surface area contributed by atoms with Crippen LogP contribution in [0.1, 0.15) is 55.7 Å². The summed E-state index contributed by atoms with van der Waals surface area (Å²) in [7, 11) is 1.62. The number of hydrogen-bond acceptors (Lipinski definition) is 4. The van der Waals surface area contributed by atoms with Gasteiger partial charge in [0.1, 0.15) is 17.5 Å². The first kappa shape index (κ1) is 24.6. The SMILES string of the molecule is COc1ccc(CN(C(=O)COc2cc(C)ccc2C)[C@@H](C)C(=O)NC2CCCCC2)cc1. The standard InChI is InChI=1S/C27H36N2O4/c1-19-10-11-20(2)25(16-19)33-18-26(30)29(17-22-12-14-24(32-4)15-13-22)21(3)27(31)28-23-8-6-5-7-9-23/h10-16,21,23H,5-9,17-18H2,1-4H3,(H,28,31)/t21-/m0/s1. The van der Waals surface area contributed by atoms with E-state index in [-0.39, 0.29) is 24.5 Å². The number of hydrogen-bond donors (Lipinski definition) is 1. The van der Waals surface area contributed by atoms with Crippen LogP contribution in [-0.4, -0.2) is 42.5 Å². The number of rotatable bonds is 9. The molecule has 0 aliphatic heterocycles. The fourth-order valence-electron chi connectivity index (χ4n) is 4.16. The van der Waals surface area contributed by atoms with Crippen molar-refractivity contribution in [3.63, 3.8) is 0 Å². The van der Waals surface area contributed by atoms with E-state index in [0.717, 1.165) is 48.1 Å². The number of aryl methyl sites for hydroxylation is 2. The minimum absolute atomic E-state index is 0.115. The highest BCUT2D eigenvalue weighted by atomic mass is 16.5. The molecule has 3 rings (SSSR count). The Labute approximate surface area is 197 Å². The zero-order chi connectivity index (χ0) is 23.8. The van der Waals surface area contributed by atoms with Gasteiger partial charge in [-0.1, -0.05) is 43.5 Å². The largest absolute Gasteiger partial charge is 0.497 e. The minimum Gasteiger partial charge on any atom is -0.497 e. The van der Waals surface area contributed by atoms with Gasteiger partial charge in [-0.3, -0.25) is 9.59 Å². The second kappa shape index (κ2) is 11.7. The first-order chi connectivity index (χ1) is 15.9. The van der Waals surface area contributed by atoms with Crippen LogP contribution in [-0.2, 0) is 16.1 Å². The van der Waals surface area contributed by atoms with Gasteiger partial charge in [0.15, 0.2) is 6.61 Å². The lowest BCUT2D eigenvalue weighted by molar-refractivity contribution is -0.142. The van der Waals surface area contributed by atoms with Gasteiger partial charge in [-0.05, 0) is 68.5 Å². The van der Waals surface area contributed by atoms with Crippen LogP contribution in [0, 0.1) is 13.8 Å². The molecule has 1 aliphatic rings. The normalized spacial score (nSPS) is 14.9. The predicted octanol–water partition coefficient (Wildman–Crippen LogP) is 4.56. The molecule has 1 saturated carbocycles. The molecule has 0 aromatic heterocycles. The molecule has 0 spiro atoms. The maximum atomic E-state index is 13.3. The molecule has 1 aliphatic carbocycles. The Bertz CT molecular complexity index is 936. The summed E-state index contributed by atoms with van der Waals surface area (Å²) in [5.74, 6) is 1.10.